The summed E-state index contributed by atoms with van der Waals surface area (Å²) in [4.78, 5) is -0.0711. The molecule has 0 radical (unpaired) electrons. The van der Waals surface area contributed by atoms with Gasteiger partial charge in [0.1, 0.15) is 4.90 Å². The second-order valence-corrected chi connectivity index (χ2v) is 6.86. The fourth-order valence-corrected chi connectivity index (χ4v) is 3.41. The standard InChI is InChI=1S/C13H12Cl2N2O2S/c1-17(9-5-3-2-4-6-9)20(18,19)13-8-11(15)10(14)7-12(13)16/h2-8H,16H2,1H3. The van der Waals surface area contributed by atoms with Crippen LogP contribution in [0.25, 0.3) is 0 Å². The highest BCUT2D eigenvalue weighted by Gasteiger charge is 2.24. The topological polar surface area (TPSA) is 63.4 Å². The summed E-state index contributed by atoms with van der Waals surface area (Å²) in [5.74, 6) is 0. The Hall–Kier alpha value is -1.43. The van der Waals surface area contributed by atoms with Gasteiger partial charge in [-0.15, -0.1) is 0 Å². The molecule has 0 unspecified atom stereocenters. The second-order valence-electron chi connectivity index (χ2n) is 4.11. The number of halogens is 2. The Labute approximate surface area is 127 Å². The van der Waals surface area contributed by atoms with Gasteiger partial charge in [0.05, 0.1) is 21.4 Å². The van der Waals surface area contributed by atoms with E-state index in [4.69, 9.17) is 28.9 Å². The third-order valence-electron chi connectivity index (χ3n) is 2.81. The zero-order valence-electron chi connectivity index (χ0n) is 10.5. The van der Waals surface area contributed by atoms with Crippen LogP contribution in [0.1, 0.15) is 0 Å². The van der Waals surface area contributed by atoms with E-state index in [1.54, 1.807) is 30.3 Å². The number of para-hydroxylation sites is 1. The number of benzene rings is 2. The maximum absolute atomic E-state index is 12.6. The summed E-state index contributed by atoms with van der Waals surface area (Å²) in [6.45, 7) is 0. The van der Waals surface area contributed by atoms with Crippen molar-refractivity contribution in [3.63, 3.8) is 0 Å². The van der Waals surface area contributed by atoms with Gasteiger partial charge in [0, 0.05) is 7.05 Å². The number of hydrogen-bond acceptors (Lipinski definition) is 3. The third kappa shape index (κ3) is 2.70. The lowest BCUT2D eigenvalue weighted by Crippen LogP contribution is -2.27. The molecule has 2 N–H and O–H groups in total. The quantitative estimate of drug-likeness (QED) is 0.877. The van der Waals surface area contributed by atoms with E-state index in [9.17, 15) is 8.42 Å². The van der Waals surface area contributed by atoms with E-state index in [1.807, 2.05) is 0 Å². The summed E-state index contributed by atoms with van der Waals surface area (Å²) in [5.41, 5.74) is 6.33. The van der Waals surface area contributed by atoms with Gasteiger partial charge in [-0.25, -0.2) is 8.42 Å². The van der Waals surface area contributed by atoms with Crippen molar-refractivity contribution in [1.29, 1.82) is 0 Å². The predicted molar refractivity (Wildman–Crippen MR) is 82.9 cm³/mol. The molecule has 2 rings (SSSR count). The van der Waals surface area contributed by atoms with Crippen LogP contribution in [0, 0.1) is 0 Å². The summed E-state index contributed by atoms with van der Waals surface area (Å²) in [7, 11) is -2.35. The molecule has 2 aromatic rings. The Morgan fingerprint density at radius 1 is 1.05 bits per heavy atom. The molecule has 0 aromatic heterocycles. The van der Waals surface area contributed by atoms with Crippen LogP contribution < -0.4 is 10.0 Å². The van der Waals surface area contributed by atoms with Crippen LogP contribution in [0.3, 0.4) is 0 Å². The average Bonchev–Trinajstić information content (AvgIpc) is 2.42. The summed E-state index contributed by atoms with van der Waals surface area (Å²) in [6.07, 6.45) is 0. The minimum atomic E-state index is -3.80. The molecule has 0 amide bonds. The van der Waals surface area contributed by atoms with Crippen LogP contribution >= 0.6 is 23.2 Å². The van der Waals surface area contributed by atoms with Gasteiger partial charge in [-0.1, -0.05) is 41.4 Å². The van der Waals surface area contributed by atoms with Crippen molar-refractivity contribution in [3.8, 4) is 0 Å². The monoisotopic (exact) mass is 330 g/mol. The fourth-order valence-electron chi connectivity index (χ4n) is 1.69. The summed E-state index contributed by atoms with van der Waals surface area (Å²) in [5, 5.41) is 0.353. The Kier molecular flexibility index (Phi) is 4.13. The predicted octanol–water partition coefficient (Wildman–Crippen LogP) is 3.40. The van der Waals surface area contributed by atoms with E-state index in [0.29, 0.717) is 5.69 Å². The first-order valence-electron chi connectivity index (χ1n) is 5.62. The molecular formula is C13H12Cl2N2O2S. The first kappa shape index (κ1) is 15.0. The molecular weight excluding hydrogens is 319 g/mol. The number of nitrogens with two attached hydrogens (primary N) is 1. The molecule has 4 nitrogen and oxygen atoms in total. The van der Waals surface area contributed by atoms with Gasteiger partial charge in [-0.05, 0) is 24.3 Å². The van der Waals surface area contributed by atoms with Crippen LogP contribution in [-0.4, -0.2) is 15.5 Å². The molecule has 0 saturated heterocycles. The summed E-state index contributed by atoms with van der Waals surface area (Å²) >= 11 is 11.7. The summed E-state index contributed by atoms with van der Waals surface area (Å²) in [6, 6.07) is 11.3. The number of rotatable bonds is 3. The fraction of sp³-hybridized carbons (Fsp3) is 0.0769. The maximum Gasteiger partial charge on any atom is 0.266 e. The molecule has 7 heteroatoms. The van der Waals surface area contributed by atoms with Crippen LogP contribution in [0.4, 0.5) is 11.4 Å². The highest BCUT2D eigenvalue weighted by Crippen LogP contribution is 2.32. The Morgan fingerprint density at radius 2 is 1.60 bits per heavy atom. The second kappa shape index (κ2) is 5.52. The number of anilines is 2. The van der Waals surface area contributed by atoms with Crippen molar-refractivity contribution in [1.82, 2.24) is 0 Å². The van der Waals surface area contributed by atoms with Crippen molar-refractivity contribution >= 4 is 44.6 Å². The molecule has 0 atom stereocenters. The van der Waals surface area contributed by atoms with E-state index >= 15 is 0 Å². The van der Waals surface area contributed by atoms with E-state index in [2.05, 4.69) is 0 Å². The Balaban J connectivity index is 2.54. The van der Waals surface area contributed by atoms with Crippen molar-refractivity contribution in [2.24, 2.45) is 0 Å². The number of nitrogen functional groups attached to an aromatic ring is 1. The minimum absolute atomic E-state index is 0.0576. The zero-order valence-corrected chi connectivity index (χ0v) is 12.9. The first-order chi connectivity index (χ1) is 9.34. The molecule has 0 aliphatic heterocycles. The summed E-state index contributed by atoms with van der Waals surface area (Å²) < 4.78 is 26.3. The van der Waals surface area contributed by atoms with Crippen LogP contribution in [0.5, 0.6) is 0 Å². The molecule has 0 aliphatic rings. The molecule has 0 aliphatic carbocycles. The molecule has 0 fully saturated rings. The largest absolute Gasteiger partial charge is 0.398 e. The zero-order chi connectivity index (χ0) is 14.9. The third-order valence-corrected chi connectivity index (χ3v) is 5.37. The average molecular weight is 331 g/mol. The maximum atomic E-state index is 12.6. The van der Waals surface area contributed by atoms with E-state index in [-0.39, 0.29) is 20.6 Å². The Bertz CT molecular complexity index is 734. The molecule has 0 bridgehead atoms. The van der Waals surface area contributed by atoms with Gasteiger partial charge in [-0.3, -0.25) is 4.31 Å². The van der Waals surface area contributed by atoms with Crippen molar-refractivity contribution < 1.29 is 8.42 Å². The highest BCUT2D eigenvalue weighted by molar-refractivity contribution is 7.93. The lowest BCUT2D eigenvalue weighted by molar-refractivity contribution is 0.595. The highest BCUT2D eigenvalue weighted by atomic mass is 35.5. The SMILES string of the molecule is CN(c1ccccc1)S(=O)(=O)c1cc(Cl)c(Cl)cc1N. The van der Waals surface area contributed by atoms with Gasteiger partial charge in [-0.2, -0.15) is 0 Å². The molecule has 106 valence electrons. The minimum Gasteiger partial charge on any atom is -0.398 e. The smallest absolute Gasteiger partial charge is 0.266 e. The van der Waals surface area contributed by atoms with E-state index < -0.39 is 10.0 Å². The Morgan fingerprint density at radius 3 is 2.20 bits per heavy atom. The van der Waals surface area contributed by atoms with Gasteiger partial charge >= 0.3 is 0 Å². The number of sulfonamides is 1. The van der Waals surface area contributed by atoms with Gasteiger partial charge in [0.25, 0.3) is 10.0 Å². The van der Waals surface area contributed by atoms with Crippen molar-refractivity contribution in [2.75, 3.05) is 17.1 Å². The first-order valence-corrected chi connectivity index (χ1v) is 7.82. The molecule has 0 heterocycles. The molecule has 20 heavy (non-hydrogen) atoms. The van der Waals surface area contributed by atoms with Gasteiger partial charge in [0.15, 0.2) is 0 Å². The van der Waals surface area contributed by atoms with E-state index in [0.717, 1.165) is 4.31 Å². The molecule has 0 saturated carbocycles. The van der Waals surface area contributed by atoms with Gasteiger partial charge < -0.3 is 5.73 Å². The van der Waals surface area contributed by atoms with Crippen LogP contribution in [0.15, 0.2) is 47.4 Å². The lowest BCUT2D eigenvalue weighted by atomic mass is 10.3. The number of nitrogens with zero attached hydrogens (tertiary/aromatic N) is 1. The van der Waals surface area contributed by atoms with Crippen molar-refractivity contribution in [3.05, 3.63) is 52.5 Å². The normalized spacial score (nSPS) is 11.3. The van der Waals surface area contributed by atoms with Crippen LogP contribution in [0.2, 0.25) is 10.0 Å². The number of hydrogen-bond donors (Lipinski definition) is 1. The molecule has 0 spiro atoms. The van der Waals surface area contributed by atoms with Crippen LogP contribution in [-0.2, 0) is 10.0 Å². The van der Waals surface area contributed by atoms with E-state index in [1.165, 1.54) is 19.2 Å². The van der Waals surface area contributed by atoms with Crippen molar-refractivity contribution in [2.45, 2.75) is 4.90 Å². The van der Waals surface area contributed by atoms with Gasteiger partial charge in [0.2, 0.25) is 0 Å². The molecule has 2 aromatic carbocycles. The lowest BCUT2D eigenvalue weighted by Gasteiger charge is -2.20.